The molecule has 12 heteroatoms. The van der Waals surface area contributed by atoms with Crippen molar-refractivity contribution in [3.05, 3.63) is 74.7 Å². The second kappa shape index (κ2) is 9.63. The number of imide groups is 1. The number of hydrogen-bond donors (Lipinski definition) is 3. The molecule has 36 heavy (non-hydrogen) atoms. The molecule has 2 aromatic carbocycles. The number of aromatic nitrogens is 1. The summed E-state index contributed by atoms with van der Waals surface area (Å²) in [6.45, 7) is -0.973. The van der Waals surface area contributed by atoms with E-state index in [9.17, 15) is 29.1 Å². The van der Waals surface area contributed by atoms with Crippen molar-refractivity contribution in [2.45, 2.75) is 16.2 Å². The van der Waals surface area contributed by atoms with Gasteiger partial charge in [0.05, 0.1) is 10.9 Å². The highest BCUT2D eigenvalue weighted by molar-refractivity contribution is 8.00. The fourth-order valence-electron chi connectivity index (χ4n) is 4.39. The van der Waals surface area contributed by atoms with Gasteiger partial charge in [0.25, 0.3) is 5.91 Å². The van der Waals surface area contributed by atoms with Crippen LogP contribution in [0.4, 0.5) is 5.69 Å². The predicted octanol–water partition coefficient (Wildman–Crippen LogP) is 2.13. The van der Waals surface area contributed by atoms with Crippen molar-refractivity contribution in [2.75, 3.05) is 18.5 Å². The molecule has 1 aromatic heterocycles. The molecule has 3 heterocycles. The predicted molar refractivity (Wildman–Crippen MR) is 131 cm³/mol. The van der Waals surface area contributed by atoms with E-state index in [2.05, 4.69) is 10.3 Å². The minimum Gasteiger partial charge on any atom is -0.484 e. The van der Waals surface area contributed by atoms with Crippen LogP contribution in [0.3, 0.4) is 0 Å². The van der Waals surface area contributed by atoms with Gasteiger partial charge in [0.2, 0.25) is 11.8 Å². The van der Waals surface area contributed by atoms with Crippen LogP contribution in [-0.2, 0) is 19.2 Å². The van der Waals surface area contributed by atoms with Gasteiger partial charge in [-0.3, -0.25) is 28.9 Å². The molecule has 5 rings (SSSR count). The summed E-state index contributed by atoms with van der Waals surface area (Å²) in [6.07, 6.45) is 0. The maximum atomic E-state index is 13.2. The van der Waals surface area contributed by atoms with E-state index in [0.29, 0.717) is 26.9 Å². The van der Waals surface area contributed by atoms with Crippen molar-refractivity contribution in [3.63, 3.8) is 0 Å². The maximum absolute atomic E-state index is 13.2. The molecule has 0 spiro atoms. The number of hydrogen-bond acceptors (Lipinski definition) is 8. The minimum atomic E-state index is -1.29. The minimum absolute atomic E-state index is 0.253. The molecule has 0 unspecified atom stereocenters. The number of nitrogens with zero attached hydrogens (tertiary/aromatic N) is 1. The van der Waals surface area contributed by atoms with Gasteiger partial charge >= 0.3 is 10.8 Å². The second-order valence-corrected chi connectivity index (χ2v) is 10.3. The van der Waals surface area contributed by atoms with E-state index in [4.69, 9.17) is 4.74 Å². The third-order valence-electron chi connectivity index (χ3n) is 5.85. The molecule has 184 valence electrons. The number of thioether (sulfide) groups is 1. The summed E-state index contributed by atoms with van der Waals surface area (Å²) in [5, 5.41) is 11.5. The fourth-order valence-corrected chi connectivity index (χ4v) is 6.93. The summed E-state index contributed by atoms with van der Waals surface area (Å²) in [6, 6.07) is 15.7. The molecule has 2 aliphatic rings. The number of para-hydroxylation sites is 1. The van der Waals surface area contributed by atoms with E-state index in [1.54, 1.807) is 48.5 Å². The molecule has 0 saturated carbocycles. The Bertz CT molecular complexity index is 1420. The quantitative estimate of drug-likeness (QED) is 0.398. The molecular weight excluding hydrogens is 506 g/mol. The van der Waals surface area contributed by atoms with E-state index in [-0.39, 0.29) is 17.4 Å². The lowest BCUT2D eigenvalue weighted by Crippen LogP contribution is -2.36. The average molecular weight is 526 g/mol. The van der Waals surface area contributed by atoms with Crippen molar-refractivity contribution >= 4 is 52.5 Å². The van der Waals surface area contributed by atoms with Crippen LogP contribution in [0.15, 0.2) is 64.4 Å². The summed E-state index contributed by atoms with van der Waals surface area (Å²) in [5.41, 5.74) is 1.25. The maximum Gasteiger partial charge on any atom is 0.323 e. The largest absolute Gasteiger partial charge is 0.484 e. The zero-order chi connectivity index (χ0) is 25.4. The van der Waals surface area contributed by atoms with Gasteiger partial charge in [0.1, 0.15) is 17.5 Å². The van der Waals surface area contributed by atoms with E-state index >= 15 is 0 Å². The van der Waals surface area contributed by atoms with Crippen LogP contribution < -0.4 is 14.9 Å². The fraction of sp³-hybridized carbons (Fsp3) is 0.208. The van der Waals surface area contributed by atoms with E-state index in [0.717, 1.165) is 28.0 Å². The summed E-state index contributed by atoms with van der Waals surface area (Å²) < 4.78 is 5.67. The third-order valence-corrected chi connectivity index (χ3v) is 8.25. The average Bonchev–Trinajstić information content (AvgIpc) is 3.34. The van der Waals surface area contributed by atoms with Crippen molar-refractivity contribution in [1.29, 1.82) is 0 Å². The van der Waals surface area contributed by atoms with Crippen molar-refractivity contribution in [2.24, 2.45) is 5.92 Å². The van der Waals surface area contributed by atoms with Gasteiger partial charge in [-0.1, -0.05) is 53.4 Å². The Balaban J connectivity index is 1.42. The molecule has 3 atom stereocenters. The lowest BCUT2D eigenvalue weighted by atomic mass is 9.83. The SMILES string of the molecule is O=C(O)CN1C(=O)[C@@H]2[C@H](c3cccc(OCC(=O)Nc4ccccc4)c3)c3sc(=O)[nH]c3S[C@@H]2C1=O. The number of nitrogens with one attached hydrogen (secondary N) is 2. The Morgan fingerprint density at radius 2 is 1.83 bits per heavy atom. The number of thiazole rings is 1. The van der Waals surface area contributed by atoms with Crippen molar-refractivity contribution in [1.82, 2.24) is 9.88 Å². The molecule has 3 amide bonds. The smallest absolute Gasteiger partial charge is 0.323 e. The van der Waals surface area contributed by atoms with Crippen molar-refractivity contribution in [3.8, 4) is 5.75 Å². The second-order valence-electron chi connectivity index (χ2n) is 8.18. The summed E-state index contributed by atoms with van der Waals surface area (Å²) in [5.74, 6) is -3.99. The first-order valence-electron chi connectivity index (χ1n) is 10.9. The molecule has 1 saturated heterocycles. The number of carbonyl (C=O) groups is 4. The Morgan fingerprint density at radius 1 is 1.06 bits per heavy atom. The van der Waals surface area contributed by atoms with Crippen LogP contribution >= 0.6 is 23.1 Å². The number of carboxylic acids is 1. The number of H-pyrrole nitrogens is 1. The van der Waals surface area contributed by atoms with E-state index in [1.165, 1.54) is 0 Å². The molecule has 3 aromatic rings. The summed E-state index contributed by atoms with van der Waals surface area (Å²) in [7, 11) is 0. The summed E-state index contributed by atoms with van der Waals surface area (Å²) in [4.78, 5) is 65.6. The number of amides is 3. The highest BCUT2D eigenvalue weighted by Gasteiger charge is 2.56. The molecule has 0 radical (unpaired) electrons. The van der Waals surface area contributed by atoms with Gasteiger partial charge in [-0.15, -0.1) is 0 Å². The van der Waals surface area contributed by atoms with Crippen LogP contribution in [0, 0.1) is 5.92 Å². The number of carbonyl (C=O) groups excluding carboxylic acids is 3. The first-order chi connectivity index (χ1) is 17.3. The van der Waals surface area contributed by atoms with Crippen LogP contribution in [0.2, 0.25) is 0 Å². The topological polar surface area (TPSA) is 146 Å². The number of aromatic amines is 1. The molecule has 0 bridgehead atoms. The van der Waals surface area contributed by atoms with Gasteiger partial charge < -0.3 is 20.1 Å². The normalized spacial score (nSPS) is 20.6. The Morgan fingerprint density at radius 3 is 2.58 bits per heavy atom. The number of carboxylic acid groups (broad SMARTS) is 1. The first-order valence-corrected chi connectivity index (χ1v) is 12.6. The monoisotopic (exact) mass is 525 g/mol. The molecule has 0 aliphatic carbocycles. The van der Waals surface area contributed by atoms with Crippen LogP contribution in [0.1, 0.15) is 16.4 Å². The van der Waals surface area contributed by atoms with Crippen molar-refractivity contribution < 1.29 is 29.0 Å². The number of aliphatic carboxylic acids is 1. The van der Waals surface area contributed by atoms with Gasteiger partial charge in [-0.25, -0.2) is 0 Å². The van der Waals surface area contributed by atoms with Crippen LogP contribution in [-0.4, -0.2) is 57.1 Å². The summed E-state index contributed by atoms with van der Waals surface area (Å²) >= 11 is 2.03. The Hall–Kier alpha value is -3.90. The number of ether oxygens (including phenoxy) is 1. The van der Waals surface area contributed by atoms with Crippen LogP contribution in [0.5, 0.6) is 5.75 Å². The number of rotatable bonds is 7. The zero-order valence-electron chi connectivity index (χ0n) is 18.5. The number of anilines is 1. The number of benzene rings is 2. The third kappa shape index (κ3) is 4.52. The Kier molecular flexibility index (Phi) is 6.37. The number of fused-ring (bicyclic) bond motifs is 2. The lowest BCUT2D eigenvalue weighted by molar-refractivity contribution is -0.149. The molecule has 10 nitrogen and oxygen atoms in total. The standard InChI is InChI=1S/C24H19N3O7S2/c28-15(25-13-6-2-1-3-7-13)11-34-14-8-4-5-12(9-14)17-18-20(35-21-19(17)36-24(33)26-21)23(32)27(22(18)31)10-16(29)30/h1-9,17-18,20H,10-11H2,(H,25,28)(H,26,33)(H,29,30)/t17-,18+,20-/m0/s1. The molecule has 3 N–H and O–H groups in total. The van der Waals surface area contributed by atoms with Crippen LogP contribution in [0.25, 0.3) is 0 Å². The van der Waals surface area contributed by atoms with Gasteiger partial charge in [-0.05, 0) is 29.8 Å². The molecule has 1 fully saturated rings. The Labute approximate surface area is 212 Å². The van der Waals surface area contributed by atoms with E-state index < -0.39 is 41.4 Å². The molecular formula is C24H19N3O7S2. The van der Waals surface area contributed by atoms with Gasteiger partial charge in [0.15, 0.2) is 6.61 Å². The van der Waals surface area contributed by atoms with E-state index in [1.807, 2.05) is 6.07 Å². The van der Waals surface area contributed by atoms with Gasteiger partial charge in [-0.2, -0.15) is 0 Å². The molecule has 2 aliphatic heterocycles. The highest BCUT2D eigenvalue weighted by atomic mass is 32.2. The lowest BCUT2D eigenvalue weighted by Gasteiger charge is -2.30. The first kappa shape index (κ1) is 23.8. The number of likely N-dealkylation sites (tertiary alicyclic amines) is 1. The highest BCUT2D eigenvalue weighted by Crippen LogP contribution is 2.52. The van der Waals surface area contributed by atoms with Gasteiger partial charge in [0, 0.05) is 16.5 Å². The zero-order valence-corrected chi connectivity index (χ0v) is 20.1.